The van der Waals surface area contributed by atoms with Crippen molar-refractivity contribution in [3.05, 3.63) is 23.3 Å². The van der Waals surface area contributed by atoms with Crippen LogP contribution in [0.5, 0.6) is 0 Å². The van der Waals surface area contributed by atoms with Gasteiger partial charge in [0.15, 0.2) is 0 Å². The minimum Gasteiger partial charge on any atom is -0.393 e. The fourth-order valence-electron chi connectivity index (χ4n) is 8.02. The van der Waals surface area contributed by atoms with Crippen molar-refractivity contribution in [2.24, 2.45) is 46.3 Å². The summed E-state index contributed by atoms with van der Waals surface area (Å²) in [6.45, 7) is 14.9. The molecular formula is C28H46O. The maximum atomic E-state index is 10.2. The van der Waals surface area contributed by atoms with E-state index in [-0.39, 0.29) is 6.10 Å². The summed E-state index contributed by atoms with van der Waals surface area (Å²) >= 11 is 0. The van der Waals surface area contributed by atoms with Crippen LogP contribution in [0.1, 0.15) is 99.3 Å². The molecule has 0 heterocycles. The molecule has 0 unspecified atom stereocenters. The Bertz CT molecular complexity index is 672. The van der Waals surface area contributed by atoms with E-state index >= 15 is 0 Å². The highest BCUT2D eigenvalue weighted by Gasteiger charge is 2.56. The molecule has 1 N–H and O–H groups in total. The summed E-state index contributed by atoms with van der Waals surface area (Å²) in [5, 5.41) is 10.2. The van der Waals surface area contributed by atoms with Crippen LogP contribution in [-0.2, 0) is 0 Å². The zero-order valence-electron chi connectivity index (χ0n) is 20.0. The van der Waals surface area contributed by atoms with E-state index in [0.717, 1.165) is 48.3 Å². The summed E-state index contributed by atoms with van der Waals surface area (Å²) in [5.74, 6) is 4.97. The Balaban J connectivity index is 1.52. The number of allylic oxidation sites excluding steroid dienone is 3. The first-order valence-corrected chi connectivity index (χ1v) is 12.8. The molecule has 0 spiro atoms. The predicted octanol–water partition coefficient (Wildman–Crippen LogP) is 7.55. The van der Waals surface area contributed by atoms with Crippen molar-refractivity contribution in [3.63, 3.8) is 0 Å². The van der Waals surface area contributed by atoms with Crippen LogP contribution in [0.25, 0.3) is 0 Å². The Morgan fingerprint density at radius 3 is 2.41 bits per heavy atom. The van der Waals surface area contributed by atoms with E-state index in [1.54, 1.807) is 11.1 Å². The van der Waals surface area contributed by atoms with Crippen LogP contribution in [0, 0.1) is 46.3 Å². The van der Waals surface area contributed by atoms with Crippen LogP contribution in [0.4, 0.5) is 0 Å². The Morgan fingerprint density at radius 1 is 0.931 bits per heavy atom. The van der Waals surface area contributed by atoms with Gasteiger partial charge in [-0.2, -0.15) is 0 Å². The van der Waals surface area contributed by atoms with Gasteiger partial charge in [0.1, 0.15) is 0 Å². The number of fused-ring (bicyclic) bond motifs is 5. The summed E-state index contributed by atoms with van der Waals surface area (Å²) < 4.78 is 0. The molecule has 0 radical (unpaired) electrons. The lowest BCUT2D eigenvalue weighted by Gasteiger charge is -2.55. The summed E-state index contributed by atoms with van der Waals surface area (Å²) in [7, 11) is 0. The largest absolute Gasteiger partial charge is 0.393 e. The van der Waals surface area contributed by atoms with Gasteiger partial charge in [0.25, 0.3) is 0 Å². The summed E-state index contributed by atoms with van der Waals surface area (Å²) in [6.07, 6.45) is 16.4. The number of rotatable bonds is 5. The van der Waals surface area contributed by atoms with Crippen LogP contribution in [-0.4, -0.2) is 11.2 Å². The van der Waals surface area contributed by atoms with Gasteiger partial charge < -0.3 is 5.11 Å². The molecule has 4 aliphatic carbocycles. The first kappa shape index (κ1) is 21.7. The number of hydrogen-bond acceptors (Lipinski definition) is 1. The van der Waals surface area contributed by atoms with E-state index in [1.807, 2.05) is 0 Å². The second-order valence-corrected chi connectivity index (χ2v) is 12.3. The molecule has 1 nitrogen and oxygen atoms in total. The van der Waals surface area contributed by atoms with Gasteiger partial charge in [-0.15, -0.1) is 0 Å². The second kappa shape index (κ2) is 7.85. The first-order chi connectivity index (χ1) is 13.7. The van der Waals surface area contributed by atoms with E-state index in [0.29, 0.717) is 10.8 Å². The highest BCUT2D eigenvalue weighted by Crippen LogP contribution is 2.66. The average Bonchev–Trinajstić information content (AvgIpc) is 3.03. The molecule has 1 heteroatoms. The number of aliphatic hydroxyl groups is 1. The van der Waals surface area contributed by atoms with Crippen LogP contribution in [0.15, 0.2) is 23.3 Å². The third kappa shape index (κ3) is 3.58. The van der Waals surface area contributed by atoms with Crippen molar-refractivity contribution >= 4 is 0 Å². The molecule has 0 aromatic carbocycles. The molecule has 29 heavy (non-hydrogen) atoms. The molecule has 3 fully saturated rings. The maximum absolute atomic E-state index is 10.2. The van der Waals surface area contributed by atoms with Gasteiger partial charge in [0.2, 0.25) is 0 Å². The normalized spacial score (nSPS) is 43.7. The maximum Gasteiger partial charge on any atom is 0.0578 e. The molecule has 0 aromatic rings. The van der Waals surface area contributed by atoms with E-state index < -0.39 is 0 Å². The van der Waals surface area contributed by atoms with Gasteiger partial charge in [-0.1, -0.05) is 77.7 Å². The van der Waals surface area contributed by atoms with Crippen LogP contribution in [0.2, 0.25) is 0 Å². The predicted molar refractivity (Wildman–Crippen MR) is 124 cm³/mol. The summed E-state index contributed by atoms with van der Waals surface area (Å²) in [4.78, 5) is 0. The van der Waals surface area contributed by atoms with Crippen molar-refractivity contribution in [2.45, 2.75) is 105 Å². The van der Waals surface area contributed by atoms with Crippen molar-refractivity contribution in [1.29, 1.82) is 0 Å². The topological polar surface area (TPSA) is 20.2 Å². The zero-order chi connectivity index (χ0) is 21.0. The van der Waals surface area contributed by atoms with Crippen LogP contribution in [0.3, 0.4) is 0 Å². The lowest BCUT2D eigenvalue weighted by atomic mass is 9.50. The van der Waals surface area contributed by atoms with Gasteiger partial charge in [-0.25, -0.2) is 0 Å². The molecule has 4 rings (SSSR count). The van der Waals surface area contributed by atoms with Gasteiger partial charge in [-0.05, 0) is 91.3 Å². The van der Waals surface area contributed by atoms with E-state index in [2.05, 4.69) is 53.7 Å². The Hall–Kier alpha value is -0.560. The molecule has 4 aliphatic rings. The highest BCUT2D eigenvalue weighted by molar-refractivity contribution is 5.38. The first-order valence-electron chi connectivity index (χ1n) is 12.8. The minimum atomic E-state index is -0.108. The smallest absolute Gasteiger partial charge is 0.0578 e. The summed E-state index contributed by atoms with van der Waals surface area (Å²) in [6, 6.07) is 0. The SMILES string of the molecule is CC(C)[C@H](C)CC[C@@H](C)[C@@H]1CC[C@@H]2C3=CC=C4C[C@H](O)CC[C@]4(C)[C@H]3CC[C@]21C. The Morgan fingerprint density at radius 2 is 1.69 bits per heavy atom. The van der Waals surface area contributed by atoms with Crippen molar-refractivity contribution in [2.75, 3.05) is 0 Å². The Kier molecular flexibility index (Phi) is 5.86. The van der Waals surface area contributed by atoms with E-state index in [4.69, 9.17) is 0 Å². The lowest BCUT2D eigenvalue weighted by molar-refractivity contribution is 0.0317. The van der Waals surface area contributed by atoms with E-state index in [9.17, 15) is 5.11 Å². The average molecular weight is 399 g/mol. The summed E-state index contributed by atoms with van der Waals surface area (Å²) in [5.41, 5.74) is 4.17. The van der Waals surface area contributed by atoms with Crippen LogP contribution < -0.4 is 0 Å². The highest BCUT2D eigenvalue weighted by atomic mass is 16.3. The third-order valence-corrected chi connectivity index (χ3v) is 10.5. The van der Waals surface area contributed by atoms with E-state index in [1.165, 1.54) is 44.9 Å². The van der Waals surface area contributed by atoms with Gasteiger partial charge in [0.05, 0.1) is 6.10 Å². The second-order valence-electron chi connectivity index (χ2n) is 12.3. The van der Waals surface area contributed by atoms with Crippen LogP contribution >= 0.6 is 0 Å². The molecule has 8 atom stereocenters. The zero-order valence-corrected chi connectivity index (χ0v) is 20.0. The minimum absolute atomic E-state index is 0.108. The standard InChI is InChI=1S/C28H46O/c1-18(2)19(3)7-8-20(4)24-11-12-25-23-10-9-21-17-22(29)13-15-27(21,5)26(23)14-16-28(24,25)6/h9-10,18-20,22,24-26,29H,7-8,11-17H2,1-6H3/t19-,20-,22-,24+,25-,26+,27+,28+/m1/s1. The molecular weight excluding hydrogens is 352 g/mol. The number of hydrogen-bond donors (Lipinski definition) is 1. The monoisotopic (exact) mass is 398 g/mol. The molecule has 0 amide bonds. The van der Waals surface area contributed by atoms with Crippen molar-refractivity contribution in [3.8, 4) is 0 Å². The fourth-order valence-corrected chi connectivity index (χ4v) is 8.02. The molecule has 0 aromatic heterocycles. The molecule has 164 valence electrons. The number of aliphatic hydroxyl groups excluding tert-OH is 1. The molecule has 3 saturated carbocycles. The lowest BCUT2D eigenvalue weighted by Crippen LogP contribution is -2.46. The van der Waals surface area contributed by atoms with Crippen molar-refractivity contribution in [1.82, 2.24) is 0 Å². The molecule has 0 saturated heterocycles. The molecule has 0 aliphatic heterocycles. The van der Waals surface area contributed by atoms with Gasteiger partial charge in [0, 0.05) is 0 Å². The molecule has 0 bridgehead atoms. The third-order valence-electron chi connectivity index (χ3n) is 10.5. The quantitative estimate of drug-likeness (QED) is 0.506. The Labute approximate surface area is 180 Å². The van der Waals surface area contributed by atoms with Gasteiger partial charge in [-0.3, -0.25) is 0 Å². The van der Waals surface area contributed by atoms with Crippen molar-refractivity contribution < 1.29 is 5.11 Å². The van der Waals surface area contributed by atoms with Gasteiger partial charge >= 0.3 is 0 Å². The fraction of sp³-hybridized carbons (Fsp3) is 0.857.